The molecule has 0 bridgehead atoms. The second-order valence-corrected chi connectivity index (χ2v) is 12.8. The first-order valence-corrected chi connectivity index (χ1v) is 17.6. The zero-order chi connectivity index (χ0) is 33.8. The van der Waals surface area contributed by atoms with E-state index in [1.165, 1.54) is 78.3 Å². The molecular weight excluding hydrogens is 581 g/mol. The van der Waals surface area contributed by atoms with Crippen LogP contribution < -0.4 is 10.6 Å². The Balaban J connectivity index is 1.79. The van der Waals surface area contributed by atoms with E-state index in [1.807, 2.05) is 0 Å². The van der Waals surface area contributed by atoms with Crippen molar-refractivity contribution in [3.8, 4) is 33.4 Å². The smallest absolute Gasteiger partial charge is 0.0503 e. The van der Waals surface area contributed by atoms with Crippen molar-refractivity contribution in [2.75, 3.05) is 10.6 Å². The zero-order valence-electron chi connectivity index (χ0n) is 29.4. The lowest BCUT2D eigenvalue weighted by Gasteiger charge is -2.33. The normalized spacial score (nSPS) is 11.1. The fourth-order valence-electron chi connectivity index (χ4n) is 7.05. The molecule has 2 heteroatoms. The molecule has 0 amide bonds. The average Bonchev–Trinajstić information content (AvgIpc) is 3.14. The van der Waals surface area contributed by atoms with Crippen molar-refractivity contribution in [1.82, 2.24) is 0 Å². The summed E-state index contributed by atoms with van der Waals surface area (Å²) in [4.78, 5) is 2.56. The topological polar surface area (TPSA) is 29.3 Å². The van der Waals surface area contributed by atoms with Gasteiger partial charge in [-0.1, -0.05) is 119 Å². The predicted molar refractivity (Wildman–Crippen MR) is 209 cm³/mol. The number of anilines is 4. The summed E-state index contributed by atoms with van der Waals surface area (Å²) in [7, 11) is 0. The second-order valence-electron chi connectivity index (χ2n) is 12.8. The van der Waals surface area contributed by atoms with Crippen LogP contribution in [0.2, 0.25) is 0 Å². The molecule has 0 heterocycles. The molecule has 0 aliphatic rings. The van der Waals surface area contributed by atoms with Gasteiger partial charge in [0.15, 0.2) is 0 Å². The van der Waals surface area contributed by atoms with Crippen LogP contribution in [0.3, 0.4) is 0 Å². The summed E-state index contributed by atoms with van der Waals surface area (Å²) in [6.07, 6.45) is 3.94. The number of nitrogen functional groups attached to an aromatic ring is 1. The van der Waals surface area contributed by atoms with E-state index in [9.17, 15) is 0 Å². The van der Waals surface area contributed by atoms with E-state index < -0.39 is 0 Å². The van der Waals surface area contributed by atoms with Gasteiger partial charge in [0.1, 0.15) is 0 Å². The third kappa shape index (κ3) is 6.28. The summed E-state index contributed by atoms with van der Waals surface area (Å²) in [6, 6.07) is 44.8. The Morgan fingerprint density at radius 2 is 1.02 bits per heavy atom. The highest BCUT2D eigenvalue weighted by Crippen LogP contribution is 2.50. The fraction of sp³-hybridized carbons (Fsp3) is 0.217. The average molecular weight is 629 g/mol. The maximum absolute atomic E-state index is 6.38. The van der Waals surface area contributed by atoms with Gasteiger partial charge in [0.2, 0.25) is 0 Å². The lowest BCUT2D eigenvalue weighted by Crippen LogP contribution is -2.16. The third-order valence-corrected chi connectivity index (χ3v) is 9.85. The van der Waals surface area contributed by atoms with Crippen molar-refractivity contribution >= 4 is 22.7 Å². The first-order chi connectivity index (χ1) is 23.4. The van der Waals surface area contributed by atoms with E-state index in [2.05, 4.69) is 168 Å². The molecule has 0 saturated heterocycles. The predicted octanol–water partition coefficient (Wildman–Crippen LogP) is 12.6. The molecule has 6 aromatic rings. The highest BCUT2D eigenvalue weighted by molar-refractivity contribution is 6.01. The molecule has 0 spiro atoms. The summed E-state index contributed by atoms with van der Waals surface area (Å²) in [5.41, 5.74) is 25.9. The van der Waals surface area contributed by atoms with Gasteiger partial charge < -0.3 is 10.6 Å². The molecular formula is C46H48N2. The van der Waals surface area contributed by atoms with E-state index in [0.717, 1.165) is 36.9 Å². The minimum atomic E-state index is 0.811. The Labute approximate surface area is 287 Å². The van der Waals surface area contributed by atoms with Gasteiger partial charge in [0.25, 0.3) is 0 Å². The molecule has 0 fully saturated rings. The highest BCUT2D eigenvalue weighted by atomic mass is 15.1. The third-order valence-electron chi connectivity index (χ3n) is 9.85. The van der Waals surface area contributed by atoms with E-state index in [-0.39, 0.29) is 0 Å². The van der Waals surface area contributed by atoms with Gasteiger partial charge in [-0.05, 0) is 137 Å². The van der Waals surface area contributed by atoms with Crippen LogP contribution in [0.5, 0.6) is 0 Å². The standard InChI is InChI=1S/C46H48N2/c1-7-33-21-25-42(35(9-3)28-33)48(43-26-22-34(8-2)29-36(43)10-4)44-30-40(37-17-13-11-14-18-37)46(39-23-24-41(47)31(5)27-39)45(32(44)6)38-19-15-12-16-20-38/h11-30H,7-10,47H2,1-6H3. The Bertz CT molecular complexity index is 1980. The molecule has 2 nitrogen and oxygen atoms in total. The van der Waals surface area contributed by atoms with Gasteiger partial charge in [-0.15, -0.1) is 0 Å². The van der Waals surface area contributed by atoms with Crippen molar-refractivity contribution < 1.29 is 0 Å². The first kappa shape index (κ1) is 32.8. The summed E-state index contributed by atoms with van der Waals surface area (Å²) in [5.74, 6) is 0. The minimum Gasteiger partial charge on any atom is -0.399 e. The van der Waals surface area contributed by atoms with Crippen molar-refractivity contribution in [1.29, 1.82) is 0 Å². The van der Waals surface area contributed by atoms with Crippen LogP contribution >= 0.6 is 0 Å². The van der Waals surface area contributed by atoms with Crippen LogP contribution in [0.15, 0.2) is 121 Å². The van der Waals surface area contributed by atoms with Gasteiger partial charge in [-0.3, -0.25) is 0 Å². The maximum Gasteiger partial charge on any atom is 0.0503 e. The number of nitrogens with two attached hydrogens (primary N) is 1. The zero-order valence-corrected chi connectivity index (χ0v) is 29.4. The van der Waals surface area contributed by atoms with Crippen molar-refractivity contribution in [2.24, 2.45) is 0 Å². The van der Waals surface area contributed by atoms with E-state index in [0.29, 0.717) is 0 Å². The number of rotatable bonds is 10. The molecule has 0 aliphatic heterocycles. The molecule has 6 aromatic carbocycles. The van der Waals surface area contributed by atoms with E-state index >= 15 is 0 Å². The van der Waals surface area contributed by atoms with Crippen molar-refractivity contribution in [3.05, 3.63) is 155 Å². The van der Waals surface area contributed by atoms with Gasteiger partial charge >= 0.3 is 0 Å². The molecule has 0 atom stereocenters. The van der Waals surface area contributed by atoms with Gasteiger partial charge in [0.05, 0.1) is 5.69 Å². The molecule has 0 aromatic heterocycles. The number of hydrogen-bond acceptors (Lipinski definition) is 2. The molecule has 0 unspecified atom stereocenters. The van der Waals surface area contributed by atoms with Crippen LogP contribution in [-0.4, -0.2) is 0 Å². The van der Waals surface area contributed by atoms with Crippen LogP contribution in [-0.2, 0) is 25.7 Å². The van der Waals surface area contributed by atoms with Crippen molar-refractivity contribution in [3.63, 3.8) is 0 Å². The number of aryl methyl sites for hydroxylation is 5. The molecule has 0 aliphatic carbocycles. The molecule has 2 N–H and O–H groups in total. The van der Waals surface area contributed by atoms with Crippen LogP contribution in [0, 0.1) is 13.8 Å². The van der Waals surface area contributed by atoms with Crippen molar-refractivity contribution in [2.45, 2.75) is 67.2 Å². The lowest BCUT2D eigenvalue weighted by atomic mass is 9.83. The number of benzene rings is 6. The summed E-state index contributed by atoms with van der Waals surface area (Å²) in [6.45, 7) is 13.5. The molecule has 6 rings (SSSR count). The van der Waals surface area contributed by atoms with Gasteiger partial charge in [0, 0.05) is 17.1 Å². The van der Waals surface area contributed by atoms with E-state index in [1.54, 1.807) is 0 Å². The van der Waals surface area contributed by atoms with Gasteiger partial charge in [-0.25, -0.2) is 0 Å². The summed E-state index contributed by atoms with van der Waals surface area (Å²) in [5, 5.41) is 0. The summed E-state index contributed by atoms with van der Waals surface area (Å²) >= 11 is 0. The second kappa shape index (κ2) is 14.4. The molecule has 0 saturated carbocycles. The Morgan fingerprint density at radius 3 is 1.52 bits per heavy atom. The number of hydrogen-bond donors (Lipinski definition) is 1. The largest absolute Gasteiger partial charge is 0.399 e. The van der Waals surface area contributed by atoms with Crippen LogP contribution in [0.25, 0.3) is 33.4 Å². The van der Waals surface area contributed by atoms with Crippen LogP contribution in [0.1, 0.15) is 61.1 Å². The Kier molecular flexibility index (Phi) is 9.82. The monoisotopic (exact) mass is 628 g/mol. The Hall–Kier alpha value is -5.08. The van der Waals surface area contributed by atoms with Gasteiger partial charge in [-0.2, -0.15) is 0 Å². The SMILES string of the molecule is CCc1ccc(N(c2ccc(CC)cc2CC)c2cc(-c3ccccc3)c(-c3ccc(N)c(C)c3)c(-c3ccccc3)c2C)c(CC)c1. The number of nitrogens with zero attached hydrogens (tertiary/aromatic N) is 1. The molecule has 242 valence electrons. The van der Waals surface area contributed by atoms with Crippen LogP contribution in [0.4, 0.5) is 22.7 Å². The van der Waals surface area contributed by atoms with E-state index in [4.69, 9.17) is 5.73 Å². The highest BCUT2D eigenvalue weighted by Gasteiger charge is 2.26. The first-order valence-electron chi connectivity index (χ1n) is 17.6. The maximum atomic E-state index is 6.38. The molecule has 48 heavy (non-hydrogen) atoms. The fourth-order valence-corrected chi connectivity index (χ4v) is 7.05. The summed E-state index contributed by atoms with van der Waals surface area (Å²) < 4.78 is 0. The lowest BCUT2D eigenvalue weighted by molar-refractivity contribution is 1.05. The minimum absolute atomic E-state index is 0.811. The molecule has 0 radical (unpaired) electrons. The quantitative estimate of drug-likeness (QED) is 0.153. The Morgan fingerprint density at radius 1 is 0.479 bits per heavy atom.